The normalized spacial score (nSPS) is 11.4. The van der Waals surface area contributed by atoms with E-state index in [0.717, 1.165) is 0 Å². The number of rotatable bonds is 4. The summed E-state index contributed by atoms with van der Waals surface area (Å²) >= 11 is 12.0. The van der Waals surface area contributed by atoms with E-state index in [1.54, 1.807) is 25.3 Å². The molecule has 0 atom stereocenters. The van der Waals surface area contributed by atoms with Crippen LogP contribution >= 0.6 is 23.2 Å². The average Bonchev–Trinajstić information content (AvgIpc) is 2.32. The standard InChI is InChI=1S/C10H14Cl2N4O/c1-17-6-5-14-10(16-13)15-9-7(11)3-2-4-8(9)12/h2-4H,5-6,13H2,1H3,(H2,14,15,16). The summed E-state index contributed by atoms with van der Waals surface area (Å²) in [4.78, 5) is 4.14. The van der Waals surface area contributed by atoms with Gasteiger partial charge in [0.05, 0.1) is 28.9 Å². The number of benzene rings is 1. The van der Waals surface area contributed by atoms with Gasteiger partial charge in [-0.15, -0.1) is 0 Å². The minimum Gasteiger partial charge on any atom is -0.383 e. The lowest BCUT2D eigenvalue weighted by Crippen LogP contribution is -2.36. The number of anilines is 1. The second kappa shape index (κ2) is 7.34. The summed E-state index contributed by atoms with van der Waals surface area (Å²) in [7, 11) is 1.60. The molecule has 0 aliphatic rings. The molecule has 17 heavy (non-hydrogen) atoms. The van der Waals surface area contributed by atoms with Gasteiger partial charge >= 0.3 is 0 Å². The number of methoxy groups -OCH3 is 1. The number of halogens is 2. The van der Waals surface area contributed by atoms with E-state index < -0.39 is 0 Å². The van der Waals surface area contributed by atoms with E-state index in [1.165, 1.54) is 0 Å². The minimum atomic E-state index is 0.372. The summed E-state index contributed by atoms with van der Waals surface area (Å²) in [6.07, 6.45) is 0. The van der Waals surface area contributed by atoms with Gasteiger partial charge in [-0.3, -0.25) is 5.43 Å². The molecule has 0 saturated heterocycles. The van der Waals surface area contributed by atoms with Gasteiger partial charge in [0, 0.05) is 7.11 Å². The fraction of sp³-hybridized carbons (Fsp3) is 0.300. The lowest BCUT2D eigenvalue weighted by molar-refractivity contribution is 0.208. The van der Waals surface area contributed by atoms with Crippen molar-refractivity contribution >= 4 is 34.8 Å². The van der Waals surface area contributed by atoms with Crippen LogP contribution in [-0.2, 0) is 4.74 Å². The minimum absolute atomic E-state index is 0.372. The Balaban J connectivity index is 2.77. The van der Waals surface area contributed by atoms with Gasteiger partial charge in [0.25, 0.3) is 0 Å². The van der Waals surface area contributed by atoms with Gasteiger partial charge in [0.1, 0.15) is 0 Å². The van der Waals surface area contributed by atoms with Crippen LogP contribution in [0.3, 0.4) is 0 Å². The van der Waals surface area contributed by atoms with Crippen LogP contribution in [0.4, 0.5) is 5.69 Å². The molecule has 0 spiro atoms. The zero-order valence-electron chi connectivity index (χ0n) is 9.34. The van der Waals surface area contributed by atoms with E-state index in [4.69, 9.17) is 33.8 Å². The van der Waals surface area contributed by atoms with E-state index in [9.17, 15) is 0 Å². The predicted molar refractivity (Wildman–Crippen MR) is 71.6 cm³/mol. The summed E-state index contributed by atoms with van der Waals surface area (Å²) in [6, 6.07) is 5.20. The maximum Gasteiger partial charge on any atom is 0.210 e. The van der Waals surface area contributed by atoms with Crippen molar-refractivity contribution in [2.75, 3.05) is 25.6 Å². The van der Waals surface area contributed by atoms with Crippen LogP contribution in [0.2, 0.25) is 10.0 Å². The maximum absolute atomic E-state index is 6.00. The summed E-state index contributed by atoms with van der Waals surface area (Å²) in [5, 5.41) is 3.90. The van der Waals surface area contributed by atoms with Crippen LogP contribution in [0.15, 0.2) is 23.2 Å². The zero-order chi connectivity index (χ0) is 12.7. The number of nitrogens with zero attached hydrogens (tertiary/aromatic N) is 1. The number of guanidine groups is 1. The van der Waals surface area contributed by atoms with Crippen molar-refractivity contribution in [2.45, 2.75) is 0 Å². The van der Waals surface area contributed by atoms with Crippen LogP contribution in [-0.4, -0.2) is 26.2 Å². The molecule has 4 N–H and O–H groups in total. The SMILES string of the molecule is COCCN=C(NN)Nc1c(Cl)cccc1Cl. The fourth-order valence-corrected chi connectivity index (χ4v) is 1.60. The van der Waals surface area contributed by atoms with Gasteiger partial charge in [-0.25, -0.2) is 10.8 Å². The molecule has 1 aromatic carbocycles. The molecule has 0 aliphatic carbocycles. The number of hydrogen-bond donors (Lipinski definition) is 3. The van der Waals surface area contributed by atoms with E-state index in [2.05, 4.69) is 15.7 Å². The molecular weight excluding hydrogens is 263 g/mol. The van der Waals surface area contributed by atoms with Crippen LogP contribution in [0.5, 0.6) is 0 Å². The molecule has 0 bridgehead atoms. The first-order valence-corrected chi connectivity index (χ1v) is 5.65. The number of aliphatic imine (C=N–C) groups is 1. The third kappa shape index (κ3) is 4.40. The molecule has 94 valence electrons. The number of hydrazine groups is 1. The Morgan fingerprint density at radius 3 is 2.59 bits per heavy atom. The quantitative estimate of drug-likeness (QED) is 0.258. The van der Waals surface area contributed by atoms with Gasteiger partial charge < -0.3 is 10.1 Å². The molecule has 1 rings (SSSR count). The second-order valence-electron chi connectivity index (χ2n) is 3.09. The summed E-state index contributed by atoms with van der Waals surface area (Å²) in [5.74, 6) is 5.70. The number of hydrogen-bond acceptors (Lipinski definition) is 3. The van der Waals surface area contributed by atoms with Crippen molar-refractivity contribution < 1.29 is 4.74 Å². The first-order chi connectivity index (χ1) is 8.19. The van der Waals surface area contributed by atoms with Gasteiger partial charge in [-0.1, -0.05) is 29.3 Å². The molecule has 0 aliphatic heterocycles. The van der Waals surface area contributed by atoms with Gasteiger partial charge in [-0.2, -0.15) is 0 Å². The van der Waals surface area contributed by atoms with E-state index in [0.29, 0.717) is 34.8 Å². The Morgan fingerprint density at radius 1 is 1.41 bits per heavy atom. The summed E-state index contributed by atoms with van der Waals surface area (Å²) in [6.45, 7) is 0.980. The van der Waals surface area contributed by atoms with Gasteiger partial charge in [0.15, 0.2) is 0 Å². The topological polar surface area (TPSA) is 71.7 Å². The Bertz CT molecular complexity index is 378. The third-order valence-electron chi connectivity index (χ3n) is 1.91. The lowest BCUT2D eigenvalue weighted by atomic mass is 10.3. The number of nitrogens with one attached hydrogen (secondary N) is 2. The largest absolute Gasteiger partial charge is 0.383 e. The molecule has 5 nitrogen and oxygen atoms in total. The highest BCUT2D eigenvalue weighted by Gasteiger charge is 2.06. The Kier molecular flexibility index (Phi) is 6.07. The zero-order valence-corrected chi connectivity index (χ0v) is 10.8. The van der Waals surface area contributed by atoms with Crippen molar-refractivity contribution in [1.29, 1.82) is 0 Å². The molecule has 0 saturated carbocycles. The van der Waals surface area contributed by atoms with E-state index in [1.807, 2.05) is 0 Å². The number of para-hydroxylation sites is 1. The highest BCUT2D eigenvalue weighted by atomic mass is 35.5. The second-order valence-corrected chi connectivity index (χ2v) is 3.90. The van der Waals surface area contributed by atoms with Crippen LogP contribution < -0.4 is 16.6 Å². The molecule has 7 heteroatoms. The summed E-state index contributed by atoms with van der Waals surface area (Å²) in [5.41, 5.74) is 2.99. The number of ether oxygens (including phenoxy) is 1. The maximum atomic E-state index is 6.00. The number of nitrogens with two attached hydrogens (primary N) is 1. The molecule has 0 unspecified atom stereocenters. The molecule has 0 heterocycles. The highest BCUT2D eigenvalue weighted by Crippen LogP contribution is 2.29. The Labute approximate surface area is 110 Å². The average molecular weight is 277 g/mol. The highest BCUT2D eigenvalue weighted by molar-refractivity contribution is 6.39. The van der Waals surface area contributed by atoms with E-state index in [-0.39, 0.29) is 0 Å². The van der Waals surface area contributed by atoms with Crippen LogP contribution in [0.25, 0.3) is 0 Å². The van der Waals surface area contributed by atoms with E-state index >= 15 is 0 Å². The predicted octanol–water partition coefficient (Wildman–Crippen LogP) is 1.87. The van der Waals surface area contributed by atoms with Gasteiger partial charge in [0.2, 0.25) is 5.96 Å². The fourth-order valence-electron chi connectivity index (χ4n) is 1.11. The van der Waals surface area contributed by atoms with Crippen molar-refractivity contribution in [1.82, 2.24) is 5.43 Å². The van der Waals surface area contributed by atoms with Crippen LogP contribution in [0.1, 0.15) is 0 Å². The van der Waals surface area contributed by atoms with Crippen molar-refractivity contribution in [2.24, 2.45) is 10.8 Å². The molecule has 0 amide bonds. The Hall–Kier alpha value is -1.01. The first kappa shape index (κ1) is 14.1. The van der Waals surface area contributed by atoms with Crippen LogP contribution in [0, 0.1) is 0 Å². The van der Waals surface area contributed by atoms with Crippen molar-refractivity contribution in [3.05, 3.63) is 28.2 Å². The molecule has 1 aromatic rings. The molecule has 0 fully saturated rings. The molecular formula is C10H14Cl2N4O. The third-order valence-corrected chi connectivity index (χ3v) is 2.54. The smallest absolute Gasteiger partial charge is 0.210 e. The molecule has 0 radical (unpaired) electrons. The Morgan fingerprint density at radius 2 is 2.06 bits per heavy atom. The van der Waals surface area contributed by atoms with Crippen molar-refractivity contribution in [3.8, 4) is 0 Å². The monoisotopic (exact) mass is 276 g/mol. The van der Waals surface area contributed by atoms with Crippen molar-refractivity contribution in [3.63, 3.8) is 0 Å². The molecule has 0 aromatic heterocycles. The lowest BCUT2D eigenvalue weighted by Gasteiger charge is -2.11. The summed E-state index contributed by atoms with van der Waals surface area (Å²) < 4.78 is 4.88. The van der Waals surface area contributed by atoms with Gasteiger partial charge in [-0.05, 0) is 12.1 Å². The first-order valence-electron chi connectivity index (χ1n) is 4.90.